The summed E-state index contributed by atoms with van der Waals surface area (Å²) in [5.74, 6) is 0. The van der Waals surface area contributed by atoms with Crippen LogP contribution in [0.15, 0.2) is 0 Å². The Balaban J connectivity index is 4.32. The van der Waals surface area contributed by atoms with Gasteiger partial charge in [-0.05, 0) is 13.1 Å². The van der Waals surface area contributed by atoms with Crippen LogP contribution in [0.4, 0.5) is 0 Å². The van der Waals surface area contributed by atoms with Crippen molar-refractivity contribution in [2.45, 2.75) is 13.8 Å². The van der Waals surface area contributed by atoms with E-state index in [0.29, 0.717) is 11.2 Å². The van der Waals surface area contributed by atoms with Crippen LogP contribution in [0.5, 0.6) is 0 Å². The minimum absolute atomic E-state index is 0.521. The summed E-state index contributed by atoms with van der Waals surface area (Å²) in [6.07, 6.45) is -1.59. The first-order valence-corrected chi connectivity index (χ1v) is 7.79. The van der Waals surface area contributed by atoms with Gasteiger partial charge in [-0.25, -0.2) is 0 Å². The van der Waals surface area contributed by atoms with E-state index < -0.39 is 6.19 Å². The summed E-state index contributed by atoms with van der Waals surface area (Å²) >= 11 is 17.0. The van der Waals surface area contributed by atoms with Gasteiger partial charge in [0.15, 0.2) is 0 Å². The third-order valence-corrected chi connectivity index (χ3v) is 8.65. The Morgan fingerprint density at radius 1 is 1.18 bits per heavy atom. The zero-order valence-electron chi connectivity index (χ0n) is 6.89. The van der Waals surface area contributed by atoms with Gasteiger partial charge in [0.05, 0.1) is 11.2 Å². The third-order valence-electron chi connectivity index (χ3n) is 1.62. The quantitative estimate of drug-likeness (QED) is 0.531. The van der Waals surface area contributed by atoms with Crippen LogP contribution in [-0.2, 0) is 11.8 Å². The van der Waals surface area contributed by atoms with Crippen molar-refractivity contribution in [2.24, 2.45) is 0 Å². The second-order valence-electron chi connectivity index (χ2n) is 2.22. The highest BCUT2D eigenvalue weighted by Gasteiger charge is 2.20. The Bertz CT molecular complexity index is 142. The molecule has 0 saturated heterocycles. The largest absolute Gasteiger partial charge is 0.274 e. The van der Waals surface area contributed by atoms with Crippen molar-refractivity contribution in [3.8, 4) is 0 Å². The average molecular weight is 234 g/mol. The van der Waals surface area contributed by atoms with E-state index in [0.717, 1.165) is 13.1 Å². The van der Waals surface area contributed by atoms with Crippen LogP contribution >= 0.6 is 29.4 Å². The summed E-state index contributed by atoms with van der Waals surface area (Å²) in [7, 11) is 0. The minimum Gasteiger partial charge on any atom is -0.274 e. The molecule has 0 amide bonds. The molecule has 0 aliphatic heterocycles. The molecule has 0 aromatic carbocycles. The van der Waals surface area contributed by atoms with Crippen LogP contribution in [0.25, 0.3) is 0 Å². The Labute approximate surface area is 84.1 Å². The molecule has 0 rings (SSSR count). The fourth-order valence-electron chi connectivity index (χ4n) is 0.922. The van der Waals surface area contributed by atoms with Crippen molar-refractivity contribution < 1.29 is 0 Å². The molecule has 0 spiro atoms. The first-order valence-electron chi connectivity index (χ1n) is 3.60. The zero-order chi connectivity index (χ0) is 8.91. The van der Waals surface area contributed by atoms with Crippen molar-refractivity contribution in [2.75, 3.05) is 24.3 Å². The molecular formula is C6H14Cl2NPS. The fraction of sp³-hybridized carbons (Fsp3) is 1.00. The summed E-state index contributed by atoms with van der Waals surface area (Å²) in [5.41, 5.74) is 1.04. The van der Waals surface area contributed by atoms with Crippen LogP contribution < -0.4 is 0 Å². The normalized spacial score (nSPS) is 12.5. The molecule has 0 bridgehead atoms. The summed E-state index contributed by atoms with van der Waals surface area (Å²) in [6.45, 7) is 6.08. The Hall–Kier alpha value is 1.19. The van der Waals surface area contributed by atoms with E-state index in [1.54, 1.807) is 0 Å². The predicted molar refractivity (Wildman–Crippen MR) is 58.6 cm³/mol. The van der Waals surface area contributed by atoms with Gasteiger partial charge in [0.1, 0.15) is 0 Å². The Morgan fingerprint density at radius 2 is 1.55 bits per heavy atom. The molecule has 0 saturated carbocycles. The van der Waals surface area contributed by atoms with E-state index in [1.165, 1.54) is 0 Å². The topological polar surface area (TPSA) is 3.24 Å². The van der Waals surface area contributed by atoms with E-state index >= 15 is 0 Å². The maximum Gasteiger partial charge on any atom is 0.0650 e. The standard InChI is InChI=1S/C6H14Cl2NPS/c1-3-9(4-2)10(11,5-7)6-8/h3-6H2,1-2H3. The molecule has 0 heterocycles. The van der Waals surface area contributed by atoms with E-state index in [2.05, 4.69) is 18.5 Å². The molecule has 0 atom stereocenters. The molecule has 68 valence electrons. The lowest BCUT2D eigenvalue weighted by molar-refractivity contribution is 0.508. The van der Waals surface area contributed by atoms with Gasteiger partial charge in [-0.1, -0.05) is 25.7 Å². The zero-order valence-corrected chi connectivity index (χ0v) is 10.1. The van der Waals surface area contributed by atoms with Gasteiger partial charge >= 0.3 is 0 Å². The Kier molecular flexibility index (Phi) is 6.39. The molecule has 0 fully saturated rings. The van der Waals surface area contributed by atoms with Crippen molar-refractivity contribution in [3.63, 3.8) is 0 Å². The molecule has 5 heteroatoms. The molecule has 0 aromatic heterocycles. The van der Waals surface area contributed by atoms with Crippen LogP contribution in [0.2, 0.25) is 0 Å². The average Bonchev–Trinajstić information content (AvgIpc) is 2.06. The van der Waals surface area contributed by atoms with Crippen molar-refractivity contribution >= 4 is 41.2 Å². The number of rotatable bonds is 5. The van der Waals surface area contributed by atoms with Gasteiger partial charge in [0.25, 0.3) is 0 Å². The molecule has 0 N–H and O–H groups in total. The minimum atomic E-state index is -1.59. The number of halogens is 2. The molecular weight excluding hydrogens is 220 g/mol. The molecule has 1 nitrogen and oxygen atoms in total. The van der Waals surface area contributed by atoms with Gasteiger partial charge in [-0.3, -0.25) is 4.67 Å². The van der Waals surface area contributed by atoms with Gasteiger partial charge in [0, 0.05) is 6.19 Å². The highest BCUT2D eigenvalue weighted by molar-refractivity contribution is 8.14. The molecule has 0 aromatic rings. The number of nitrogens with zero attached hydrogens (tertiary/aromatic N) is 1. The maximum absolute atomic E-state index is 5.78. The monoisotopic (exact) mass is 233 g/mol. The van der Waals surface area contributed by atoms with Crippen molar-refractivity contribution in [3.05, 3.63) is 0 Å². The summed E-state index contributed by atoms with van der Waals surface area (Å²) < 4.78 is 2.21. The molecule has 0 radical (unpaired) electrons. The van der Waals surface area contributed by atoms with Gasteiger partial charge in [-0.2, -0.15) is 0 Å². The van der Waals surface area contributed by atoms with Gasteiger partial charge < -0.3 is 0 Å². The predicted octanol–water partition coefficient (Wildman–Crippen LogP) is 3.12. The first-order chi connectivity index (χ1) is 5.14. The fourth-order valence-corrected chi connectivity index (χ4v) is 4.69. The lowest BCUT2D eigenvalue weighted by atomic mass is 10.7. The van der Waals surface area contributed by atoms with E-state index in [9.17, 15) is 0 Å². The van der Waals surface area contributed by atoms with E-state index in [1.807, 2.05) is 0 Å². The summed E-state index contributed by atoms with van der Waals surface area (Å²) in [6, 6.07) is 0. The summed E-state index contributed by atoms with van der Waals surface area (Å²) in [5, 5.41) is 0. The molecule has 11 heavy (non-hydrogen) atoms. The number of alkyl halides is 2. The SMILES string of the molecule is CCN(CC)P(=S)(CCl)CCl. The van der Waals surface area contributed by atoms with E-state index in [4.69, 9.17) is 35.0 Å². The van der Waals surface area contributed by atoms with E-state index in [-0.39, 0.29) is 0 Å². The van der Waals surface area contributed by atoms with Crippen LogP contribution in [0.3, 0.4) is 0 Å². The lowest BCUT2D eigenvalue weighted by Gasteiger charge is -2.29. The Morgan fingerprint density at radius 3 is 1.64 bits per heavy atom. The van der Waals surface area contributed by atoms with Gasteiger partial charge in [0.2, 0.25) is 0 Å². The maximum atomic E-state index is 5.78. The molecule has 0 aliphatic carbocycles. The number of hydrogen-bond acceptors (Lipinski definition) is 1. The van der Waals surface area contributed by atoms with Gasteiger partial charge in [-0.15, -0.1) is 23.2 Å². The van der Waals surface area contributed by atoms with Crippen LogP contribution in [0, 0.1) is 0 Å². The number of hydrogen-bond donors (Lipinski definition) is 0. The van der Waals surface area contributed by atoms with Crippen molar-refractivity contribution in [1.82, 2.24) is 4.67 Å². The third kappa shape index (κ3) is 3.20. The highest BCUT2D eigenvalue weighted by Crippen LogP contribution is 2.51. The lowest BCUT2D eigenvalue weighted by Crippen LogP contribution is -2.20. The first kappa shape index (κ1) is 12.2. The smallest absolute Gasteiger partial charge is 0.0650 e. The highest BCUT2D eigenvalue weighted by atomic mass is 35.5. The second-order valence-corrected chi connectivity index (χ2v) is 8.43. The van der Waals surface area contributed by atoms with Crippen LogP contribution in [-0.4, -0.2) is 29.0 Å². The molecule has 0 unspecified atom stereocenters. The summed E-state index contributed by atoms with van der Waals surface area (Å²) in [4.78, 5) is 0. The van der Waals surface area contributed by atoms with Crippen LogP contribution in [0.1, 0.15) is 13.8 Å². The molecule has 0 aliphatic rings. The second kappa shape index (κ2) is 5.77. The van der Waals surface area contributed by atoms with Crippen molar-refractivity contribution in [1.29, 1.82) is 0 Å².